The third-order valence-electron chi connectivity index (χ3n) is 10.6. The molecular weight excluding hydrogens is 663 g/mol. The number of aromatic nitrogens is 2. The molecule has 0 radical (unpaired) electrons. The van der Waals surface area contributed by atoms with Gasteiger partial charge in [-0.1, -0.05) is 140 Å². The summed E-state index contributed by atoms with van der Waals surface area (Å²) in [6, 6.07) is 68.0. The summed E-state index contributed by atoms with van der Waals surface area (Å²) < 4.78 is 3.64. The van der Waals surface area contributed by atoms with Crippen molar-refractivity contribution in [3.05, 3.63) is 188 Å². The van der Waals surface area contributed by atoms with Crippen molar-refractivity contribution in [2.24, 2.45) is 0 Å². The van der Waals surface area contributed by atoms with Crippen LogP contribution in [0, 0.1) is 0 Å². The van der Waals surface area contributed by atoms with Crippen LogP contribution in [0.5, 0.6) is 0 Å². The molecule has 0 fully saturated rings. The maximum atomic E-state index is 5.07. The Hall–Kier alpha value is -6.75. The fourth-order valence-corrected chi connectivity index (χ4v) is 9.24. The normalized spacial score (nSPS) is 12.1. The lowest BCUT2D eigenvalue weighted by Gasteiger charge is -2.29. The van der Waals surface area contributed by atoms with E-state index in [2.05, 4.69) is 191 Å². The molecule has 248 valence electrons. The maximum Gasteiger partial charge on any atom is 0.124 e. The minimum absolute atomic E-state index is 1.03. The Morgan fingerprint density at radius 2 is 1.06 bits per heavy atom. The molecule has 0 aliphatic carbocycles. The molecule has 0 spiro atoms. The molecule has 0 unspecified atom stereocenters. The molecule has 1 aliphatic heterocycles. The lowest BCUT2D eigenvalue weighted by molar-refractivity contribution is 1.13. The van der Waals surface area contributed by atoms with Crippen molar-refractivity contribution < 1.29 is 0 Å². The van der Waals surface area contributed by atoms with Crippen LogP contribution >= 0.6 is 11.3 Å². The molecule has 0 saturated carbocycles. The lowest BCUT2D eigenvalue weighted by atomic mass is 9.96. The second-order valence-corrected chi connectivity index (χ2v) is 14.6. The van der Waals surface area contributed by atoms with Crippen molar-refractivity contribution in [2.45, 2.75) is 0 Å². The number of thiazole rings is 1. The summed E-state index contributed by atoms with van der Waals surface area (Å²) in [6.07, 6.45) is 0. The van der Waals surface area contributed by atoms with E-state index in [-0.39, 0.29) is 0 Å². The van der Waals surface area contributed by atoms with Gasteiger partial charge < -0.3 is 9.47 Å². The highest BCUT2D eigenvalue weighted by atomic mass is 32.1. The molecule has 0 N–H and O–H groups in total. The van der Waals surface area contributed by atoms with E-state index >= 15 is 0 Å². The van der Waals surface area contributed by atoms with Gasteiger partial charge in [0.05, 0.1) is 38.5 Å². The highest BCUT2D eigenvalue weighted by molar-refractivity contribution is 7.21. The molecular formula is C49H31N3S. The molecule has 2 aromatic heterocycles. The topological polar surface area (TPSA) is 21.1 Å². The zero-order valence-electron chi connectivity index (χ0n) is 28.6. The minimum atomic E-state index is 1.03. The lowest BCUT2D eigenvalue weighted by Crippen LogP contribution is -2.11. The molecule has 0 saturated heterocycles. The third-order valence-corrected chi connectivity index (χ3v) is 11.6. The van der Waals surface area contributed by atoms with Gasteiger partial charge in [0, 0.05) is 38.7 Å². The monoisotopic (exact) mass is 693 g/mol. The number of hydrogen-bond acceptors (Lipinski definition) is 3. The van der Waals surface area contributed by atoms with Gasteiger partial charge >= 0.3 is 0 Å². The van der Waals surface area contributed by atoms with Gasteiger partial charge in [0.25, 0.3) is 0 Å². The van der Waals surface area contributed by atoms with Crippen molar-refractivity contribution in [1.82, 2.24) is 9.55 Å². The molecule has 3 nitrogen and oxygen atoms in total. The van der Waals surface area contributed by atoms with Crippen molar-refractivity contribution in [2.75, 3.05) is 4.90 Å². The third kappa shape index (κ3) is 4.63. The van der Waals surface area contributed by atoms with Crippen LogP contribution in [0.3, 0.4) is 0 Å². The highest BCUT2D eigenvalue weighted by Crippen LogP contribution is 2.55. The molecule has 1 aliphatic rings. The van der Waals surface area contributed by atoms with E-state index in [0.29, 0.717) is 0 Å². The summed E-state index contributed by atoms with van der Waals surface area (Å²) in [6.45, 7) is 0. The van der Waals surface area contributed by atoms with Gasteiger partial charge in [-0.05, 0) is 65.0 Å². The first-order valence-corrected chi connectivity index (χ1v) is 18.8. The van der Waals surface area contributed by atoms with E-state index in [1.807, 2.05) is 6.07 Å². The second-order valence-electron chi connectivity index (χ2n) is 13.5. The Morgan fingerprint density at radius 3 is 1.91 bits per heavy atom. The van der Waals surface area contributed by atoms with Gasteiger partial charge in [-0.15, -0.1) is 11.3 Å². The first-order chi connectivity index (χ1) is 26.3. The van der Waals surface area contributed by atoms with Crippen LogP contribution in [-0.4, -0.2) is 9.55 Å². The second kappa shape index (κ2) is 11.9. The Kier molecular flexibility index (Phi) is 6.73. The van der Waals surface area contributed by atoms with Gasteiger partial charge in [0.1, 0.15) is 5.01 Å². The molecule has 3 heterocycles. The number of benzene rings is 8. The van der Waals surface area contributed by atoms with E-state index in [1.165, 1.54) is 54.3 Å². The average Bonchev–Trinajstić information content (AvgIpc) is 3.78. The fourth-order valence-electron chi connectivity index (χ4n) is 8.29. The average molecular weight is 694 g/mol. The zero-order valence-corrected chi connectivity index (χ0v) is 29.5. The van der Waals surface area contributed by atoms with Crippen molar-refractivity contribution in [1.29, 1.82) is 0 Å². The fraction of sp³-hybridized carbons (Fsp3) is 0. The SMILES string of the molecule is c1ccc(-c2nc3cc(-c4cccc5c(N6c7ccccc7-c7c(n(-c8ccccc8)c8ccccc78)-c7ccccc76)cccc45)ccc3s2)cc1. The Balaban J connectivity index is 1.14. The Labute approximate surface area is 311 Å². The largest absolute Gasteiger partial charge is 0.309 e. The Morgan fingerprint density at radius 1 is 0.434 bits per heavy atom. The number of fused-ring (bicyclic) bond motifs is 9. The van der Waals surface area contributed by atoms with E-state index in [4.69, 9.17) is 4.98 Å². The molecule has 4 heteroatoms. The van der Waals surface area contributed by atoms with Gasteiger partial charge in [0.2, 0.25) is 0 Å². The minimum Gasteiger partial charge on any atom is -0.309 e. The van der Waals surface area contributed by atoms with Crippen molar-refractivity contribution in [3.8, 4) is 49.8 Å². The number of rotatable bonds is 4. The summed E-state index contributed by atoms with van der Waals surface area (Å²) >= 11 is 1.74. The number of nitrogens with zero attached hydrogens (tertiary/aromatic N) is 3. The highest BCUT2D eigenvalue weighted by Gasteiger charge is 2.31. The first kappa shape index (κ1) is 29.9. The maximum absolute atomic E-state index is 5.07. The number of anilines is 3. The molecule has 0 amide bonds. The predicted octanol–water partition coefficient (Wildman–Crippen LogP) is 13.8. The molecule has 0 atom stereocenters. The van der Waals surface area contributed by atoms with Crippen molar-refractivity contribution in [3.63, 3.8) is 0 Å². The summed E-state index contributed by atoms with van der Waals surface area (Å²) in [4.78, 5) is 7.56. The number of hydrogen-bond donors (Lipinski definition) is 0. The van der Waals surface area contributed by atoms with Crippen LogP contribution in [0.25, 0.3) is 81.7 Å². The number of para-hydroxylation sites is 4. The van der Waals surface area contributed by atoms with E-state index in [1.54, 1.807) is 11.3 Å². The quantitative estimate of drug-likeness (QED) is 0.183. The van der Waals surface area contributed by atoms with Gasteiger partial charge in [-0.2, -0.15) is 0 Å². The van der Waals surface area contributed by atoms with E-state index < -0.39 is 0 Å². The van der Waals surface area contributed by atoms with E-state index in [9.17, 15) is 0 Å². The Bertz CT molecular complexity index is 3010. The molecule has 11 rings (SSSR count). The van der Waals surface area contributed by atoms with Crippen LogP contribution in [0.15, 0.2) is 188 Å². The smallest absolute Gasteiger partial charge is 0.124 e. The van der Waals surface area contributed by atoms with Crippen LogP contribution in [-0.2, 0) is 0 Å². The summed E-state index contributed by atoms with van der Waals surface area (Å²) in [5.41, 5.74) is 15.2. The molecule has 8 aromatic carbocycles. The predicted molar refractivity (Wildman–Crippen MR) is 224 cm³/mol. The van der Waals surface area contributed by atoms with Crippen molar-refractivity contribution >= 4 is 60.3 Å². The molecule has 10 aromatic rings. The van der Waals surface area contributed by atoms with E-state index in [0.717, 1.165) is 44.4 Å². The van der Waals surface area contributed by atoms with Crippen LogP contribution < -0.4 is 4.90 Å². The van der Waals surface area contributed by atoms with Gasteiger partial charge in [-0.3, -0.25) is 0 Å². The van der Waals surface area contributed by atoms with Crippen LogP contribution in [0.1, 0.15) is 0 Å². The molecule has 53 heavy (non-hydrogen) atoms. The zero-order chi connectivity index (χ0) is 34.9. The molecule has 0 bridgehead atoms. The summed E-state index contributed by atoms with van der Waals surface area (Å²) in [5.74, 6) is 0. The van der Waals surface area contributed by atoms with Gasteiger partial charge in [-0.25, -0.2) is 4.98 Å². The summed E-state index contributed by atoms with van der Waals surface area (Å²) in [5, 5.41) is 4.69. The van der Waals surface area contributed by atoms with Gasteiger partial charge in [0.15, 0.2) is 0 Å². The van der Waals surface area contributed by atoms with Crippen LogP contribution in [0.4, 0.5) is 17.1 Å². The first-order valence-electron chi connectivity index (χ1n) is 18.0. The van der Waals surface area contributed by atoms with Crippen LogP contribution in [0.2, 0.25) is 0 Å². The standard InChI is InChI=1S/C49H31N3S/c1-3-15-32(16-4-1)49-50-41-31-33(29-30-46(41)53-49)35-22-13-24-37-36(35)23-14-28-42(37)52-44-26-11-8-20-39(44)47-38-19-7-10-25-43(38)51(34-17-5-2-6-18-34)48(47)40-21-9-12-27-45(40)52/h1-31H. The summed E-state index contributed by atoms with van der Waals surface area (Å²) in [7, 11) is 0.